The van der Waals surface area contributed by atoms with E-state index >= 15 is 0 Å². The van der Waals surface area contributed by atoms with Crippen molar-refractivity contribution >= 4 is 28.7 Å². The molecule has 0 radical (unpaired) electrons. The summed E-state index contributed by atoms with van der Waals surface area (Å²) >= 11 is 0. The summed E-state index contributed by atoms with van der Waals surface area (Å²) in [6.45, 7) is 13.4. The number of hydrogen-bond donors (Lipinski definition) is 2. The van der Waals surface area contributed by atoms with E-state index in [1.54, 1.807) is 0 Å². The fourth-order valence-electron chi connectivity index (χ4n) is 2.28. The minimum absolute atomic E-state index is 0.273. The maximum Gasteiger partial charge on any atom is 0.399 e. The zero-order valence-electron chi connectivity index (χ0n) is 17.7. The van der Waals surface area contributed by atoms with Crippen LogP contribution in [0.3, 0.4) is 0 Å². The molecule has 0 fully saturated rings. The smallest absolute Gasteiger partial charge is 0.399 e. The first-order chi connectivity index (χ1) is 12.0. The number of unbranched alkanes of at least 4 members (excludes halogenated alkanes) is 7. The fraction of sp³-hybridized carbons (Fsp3) is 0.889. The highest BCUT2D eigenvalue weighted by Gasteiger charge is 2.17. The molecule has 0 rings (SSSR count). The topological polar surface area (TPSA) is 76.7 Å². The maximum atomic E-state index is 11.5. The van der Waals surface area contributed by atoms with Crippen molar-refractivity contribution in [3.8, 4) is 0 Å². The molecule has 0 saturated heterocycles. The lowest BCUT2D eigenvalue weighted by molar-refractivity contribution is 0.148. The second-order valence-electron chi connectivity index (χ2n) is 8.85. The quantitative estimate of drug-likeness (QED) is 0.325. The van der Waals surface area contributed by atoms with Crippen LogP contribution >= 0.6 is 0 Å². The van der Waals surface area contributed by atoms with Gasteiger partial charge in [0.05, 0.1) is 13.2 Å². The van der Waals surface area contributed by atoms with Crippen molar-refractivity contribution in [2.45, 2.75) is 90.6 Å². The van der Waals surface area contributed by atoms with E-state index < -0.39 is 16.5 Å². The van der Waals surface area contributed by atoms with Crippen LogP contribution < -0.4 is 9.96 Å². The van der Waals surface area contributed by atoms with Gasteiger partial charge in [0.15, 0.2) is 16.5 Å². The van der Waals surface area contributed by atoms with Gasteiger partial charge in [0.25, 0.3) is 0 Å². The molecule has 154 valence electrons. The summed E-state index contributed by atoms with van der Waals surface area (Å²) in [4.78, 5) is 28.8. The van der Waals surface area contributed by atoms with E-state index in [1.807, 2.05) is 0 Å². The average Bonchev–Trinajstić information content (AvgIpc) is 2.44. The van der Waals surface area contributed by atoms with Crippen molar-refractivity contribution in [2.75, 3.05) is 13.2 Å². The van der Waals surface area contributed by atoms with Gasteiger partial charge in [-0.15, -0.1) is 0 Å². The molecule has 0 aliphatic heterocycles. The average molecular weight is 405 g/mol. The number of carbonyl (C=O) groups is 2. The van der Waals surface area contributed by atoms with Gasteiger partial charge in [-0.25, -0.2) is 9.59 Å². The minimum Gasteiger partial charge on any atom is -0.450 e. The van der Waals surface area contributed by atoms with Crippen molar-refractivity contribution in [3.05, 3.63) is 0 Å². The zero-order valence-corrected chi connectivity index (χ0v) is 19.7. The molecule has 0 heterocycles. The van der Waals surface area contributed by atoms with Gasteiger partial charge in [-0.3, -0.25) is 0 Å². The lowest BCUT2D eigenvalue weighted by Crippen LogP contribution is -2.45. The van der Waals surface area contributed by atoms with Gasteiger partial charge in [-0.2, -0.15) is 0 Å². The molecule has 0 unspecified atom stereocenters. The summed E-state index contributed by atoms with van der Waals surface area (Å²) in [7, 11) is -3.18. The Balaban J connectivity index is 3.32. The van der Waals surface area contributed by atoms with E-state index in [-0.39, 0.29) is 12.2 Å². The molecule has 2 amide bonds. The molecule has 0 aromatic heterocycles. The van der Waals surface area contributed by atoms with Gasteiger partial charge in [0.2, 0.25) is 0 Å². The third-order valence-electron chi connectivity index (χ3n) is 3.46. The lowest BCUT2D eigenvalue weighted by Gasteiger charge is -2.17. The molecule has 0 bridgehead atoms. The molecular formula is C18H40N2O4Si2. The van der Waals surface area contributed by atoms with E-state index in [0.717, 1.165) is 25.7 Å². The van der Waals surface area contributed by atoms with Crippen molar-refractivity contribution in [3.63, 3.8) is 0 Å². The summed E-state index contributed by atoms with van der Waals surface area (Å²) in [5.41, 5.74) is 0. The SMILES string of the molecule is C[Si](C)(C)NC(=O)OCCCCCCCCCCOC(=O)N[Si](C)(C)C. The van der Waals surface area contributed by atoms with Gasteiger partial charge in [-0.05, 0) is 12.8 Å². The summed E-state index contributed by atoms with van der Waals surface area (Å²) < 4.78 is 10.4. The van der Waals surface area contributed by atoms with Crippen molar-refractivity contribution < 1.29 is 19.1 Å². The highest BCUT2D eigenvalue weighted by atomic mass is 28.3. The van der Waals surface area contributed by atoms with Gasteiger partial charge in [-0.1, -0.05) is 77.8 Å². The van der Waals surface area contributed by atoms with Crippen LogP contribution in [0.2, 0.25) is 39.3 Å². The van der Waals surface area contributed by atoms with Gasteiger partial charge < -0.3 is 19.4 Å². The Bertz CT molecular complexity index is 369. The number of carbonyl (C=O) groups excluding carboxylic acids is 2. The molecule has 0 aliphatic carbocycles. The number of rotatable bonds is 13. The number of amides is 2. The first kappa shape index (κ1) is 25.0. The second-order valence-corrected chi connectivity index (χ2v) is 18.4. The monoisotopic (exact) mass is 404 g/mol. The Labute approximate surface area is 162 Å². The Morgan fingerprint density at radius 3 is 1.12 bits per heavy atom. The minimum atomic E-state index is -1.59. The highest BCUT2D eigenvalue weighted by molar-refractivity contribution is 6.76. The molecular weight excluding hydrogens is 364 g/mol. The van der Waals surface area contributed by atoms with E-state index in [1.165, 1.54) is 25.7 Å². The Kier molecular flexibility index (Phi) is 12.7. The maximum absolute atomic E-state index is 11.5. The standard InChI is InChI=1S/C18H40N2O4Si2/c1-25(2,3)19-17(21)23-15-13-11-9-7-8-10-12-14-16-24-18(22)20-26(4,5)6/h7-16H2,1-6H3,(H,19,21)(H,20,22). The van der Waals surface area contributed by atoms with Crippen LogP contribution in [0, 0.1) is 0 Å². The molecule has 0 saturated carbocycles. The molecule has 0 aromatic rings. The van der Waals surface area contributed by atoms with Gasteiger partial charge >= 0.3 is 12.2 Å². The predicted octanol–water partition coefficient (Wildman–Crippen LogP) is 5.23. The molecule has 0 aliphatic rings. The Hall–Kier alpha value is -1.03. The van der Waals surface area contributed by atoms with Gasteiger partial charge in [0, 0.05) is 0 Å². The Morgan fingerprint density at radius 2 is 0.846 bits per heavy atom. The van der Waals surface area contributed by atoms with E-state index in [2.05, 4.69) is 49.2 Å². The molecule has 0 atom stereocenters. The van der Waals surface area contributed by atoms with Crippen LogP contribution in [-0.2, 0) is 9.47 Å². The van der Waals surface area contributed by atoms with Crippen LogP contribution in [0.5, 0.6) is 0 Å². The molecule has 0 spiro atoms. The molecule has 26 heavy (non-hydrogen) atoms. The summed E-state index contributed by atoms with van der Waals surface area (Å²) in [6.07, 6.45) is 8.27. The number of ether oxygens (including phenoxy) is 2. The van der Waals surface area contributed by atoms with Crippen molar-refractivity contribution in [2.24, 2.45) is 0 Å². The summed E-state index contributed by atoms with van der Waals surface area (Å²) in [5.74, 6) is 0. The summed E-state index contributed by atoms with van der Waals surface area (Å²) in [5, 5.41) is 0. The third kappa shape index (κ3) is 19.3. The molecule has 6 nitrogen and oxygen atoms in total. The second kappa shape index (κ2) is 13.2. The zero-order chi connectivity index (χ0) is 20.1. The lowest BCUT2D eigenvalue weighted by atomic mass is 10.1. The largest absolute Gasteiger partial charge is 0.450 e. The van der Waals surface area contributed by atoms with Crippen LogP contribution in [0.4, 0.5) is 9.59 Å². The third-order valence-corrected chi connectivity index (χ3v) is 5.37. The Morgan fingerprint density at radius 1 is 0.577 bits per heavy atom. The fourth-order valence-corrected chi connectivity index (χ4v) is 3.65. The van der Waals surface area contributed by atoms with Crippen LogP contribution in [0.1, 0.15) is 51.4 Å². The molecule has 2 N–H and O–H groups in total. The van der Waals surface area contributed by atoms with E-state index in [0.29, 0.717) is 13.2 Å². The van der Waals surface area contributed by atoms with Crippen LogP contribution in [0.25, 0.3) is 0 Å². The first-order valence-electron chi connectivity index (χ1n) is 9.89. The number of hydrogen-bond acceptors (Lipinski definition) is 4. The van der Waals surface area contributed by atoms with Crippen molar-refractivity contribution in [1.82, 2.24) is 9.96 Å². The van der Waals surface area contributed by atoms with Crippen molar-refractivity contribution in [1.29, 1.82) is 0 Å². The van der Waals surface area contributed by atoms with E-state index in [9.17, 15) is 9.59 Å². The van der Waals surface area contributed by atoms with E-state index in [4.69, 9.17) is 9.47 Å². The van der Waals surface area contributed by atoms with Crippen LogP contribution in [-0.4, -0.2) is 41.9 Å². The normalized spacial score (nSPS) is 11.8. The van der Waals surface area contributed by atoms with Gasteiger partial charge in [0.1, 0.15) is 0 Å². The predicted molar refractivity (Wildman–Crippen MR) is 113 cm³/mol. The number of nitrogens with one attached hydrogen (secondary N) is 2. The first-order valence-corrected chi connectivity index (χ1v) is 16.9. The molecule has 0 aromatic carbocycles. The van der Waals surface area contributed by atoms with Crippen LogP contribution in [0.15, 0.2) is 0 Å². The summed E-state index contributed by atoms with van der Waals surface area (Å²) in [6, 6.07) is 0. The highest BCUT2D eigenvalue weighted by Crippen LogP contribution is 2.09. The molecule has 8 heteroatoms.